The van der Waals surface area contributed by atoms with Crippen LogP contribution in [0.4, 0.5) is 0 Å². The molecule has 1 atom stereocenters. The van der Waals surface area contributed by atoms with Crippen LogP contribution in [-0.2, 0) is 16.0 Å². The summed E-state index contributed by atoms with van der Waals surface area (Å²) in [7, 11) is 3.48. The molecule has 1 saturated heterocycles. The number of thiophene rings is 1. The summed E-state index contributed by atoms with van der Waals surface area (Å²) in [6, 6.07) is 11.4. The Morgan fingerprint density at radius 3 is 2.41 bits per heavy atom. The number of esters is 1. The van der Waals surface area contributed by atoms with E-state index in [2.05, 4.69) is 50.4 Å². The third-order valence-electron chi connectivity index (χ3n) is 7.70. The molecule has 2 fully saturated rings. The number of nitrogens with zero attached hydrogens (tertiary/aromatic N) is 1. The van der Waals surface area contributed by atoms with Crippen molar-refractivity contribution in [3.63, 3.8) is 0 Å². The molecule has 1 radical (unpaired) electrons. The molecule has 1 aromatic heterocycles. The van der Waals surface area contributed by atoms with Crippen molar-refractivity contribution in [1.29, 1.82) is 0 Å². The molecule has 1 spiro atoms. The monoisotopic (exact) mass is 479 g/mol. The number of nitrogens with one attached hydrogen (secondary N) is 1. The second-order valence-corrected chi connectivity index (χ2v) is 11.9. The molecule has 2 aliphatic rings. The molecule has 1 N–H and O–H groups in total. The molecule has 181 valence electrons. The minimum Gasteiger partial charge on any atom is -0.465 e. The summed E-state index contributed by atoms with van der Waals surface area (Å²) in [5, 5.41) is 3.81. The van der Waals surface area contributed by atoms with E-state index in [1.165, 1.54) is 11.9 Å². The molecule has 1 saturated carbocycles. The zero-order chi connectivity index (χ0) is 24.5. The Morgan fingerprint density at radius 2 is 1.85 bits per heavy atom. The smallest absolute Gasteiger partial charge is 0.337 e. The topological polar surface area (TPSA) is 58.6 Å². The second kappa shape index (κ2) is 9.86. The Morgan fingerprint density at radius 1 is 1.18 bits per heavy atom. The zero-order valence-corrected chi connectivity index (χ0v) is 21.8. The first kappa shape index (κ1) is 25.0. The average Bonchev–Trinajstić information content (AvgIpc) is 3.40. The fourth-order valence-electron chi connectivity index (χ4n) is 5.51. The molecule has 1 unspecified atom stereocenters. The quantitative estimate of drug-likeness (QED) is 0.488. The maximum absolute atomic E-state index is 13.8. The number of methoxy groups -OCH3 is 1. The number of benzene rings is 1. The lowest BCUT2D eigenvalue weighted by molar-refractivity contribution is -0.133. The number of amides is 1. The Labute approximate surface area is 208 Å². The van der Waals surface area contributed by atoms with Crippen molar-refractivity contribution in [3.8, 4) is 0 Å². The van der Waals surface area contributed by atoms with Crippen LogP contribution in [0.25, 0.3) is 0 Å². The highest BCUT2D eigenvalue weighted by Crippen LogP contribution is 2.46. The minimum atomic E-state index is -0.331. The van der Waals surface area contributed by atoms with Crippen molar-refractivity contribution in [2.45, 2.75) is 71.4 Å². The molecule has 1 aliphatic carbocycles. The molecule has 5 nitrogen and oxygen atoms in total. The van der Waals surface area contributed by atoms with Crippen LogP contribution in [0.1, 0.15) is 73.3 Å². The number of ether oxygens (including phenoxy) is 1. The van der Waals surface area contributed by atoms with Gasteiger partial charge in [0.05, 0.1) is 18.3 Å². The first-order chi connectivity index (χ1) is 16.2. The Kier molecular flexibility index (Phi) is 7.25. The van der Waals surface area contributed by atoms with Crippen molar-refractivity contribution in [2.75, 3.05) is 13.7 Å². The lowest BCUT2D eigenvalue weighted by Gasteiger charge is -2.46. The number of hydrogen-bond acceptors (Lipinski definition) is 5. The van der Waals surface area contributed by atoms with E-state index in [9.17, 15) is 9.59 Å². The number of rotatable bonds is 6. The van der Waals surface area contributed by atoms with Crippen LogP contribution >= 0.6 is 11.3 Å². The Bertz CT molecular complexity index is 1020. The number of carbonyl (C=O) groups is 2. The van der Waals surface area contributed by atoms with Crippen LogP contribution in [0.5, 0.6) is 0 Å². The van der Waals surface area contributed by atoms with Gasteiger partial charge in [-0.15, -0.1) is 0 Å². The van der Waals surface area contributed by atoms with E-state index < -0.39 is 0 Å². The standard InChI is InChI=1S/C27H36BN2O3S/c1-26(2,3)20-12-15-27(16-13-20)29-23(21-10-11-22(28-4)34-21)24(31)30(27)17-14-18-6-8-19(9-7-18)25(32)33-5/h6-11,20,23,29H,12-17H2,1-5H3. The first-order valence-corrected chi connectivity index (χ1v) is 13.1. The van der Waals surface area contributed by atoms with Crippen LogP contribution < -0.4 is 10.1 Å². The summed E-state index contributed by atoms with van der Waals surface area (Å²) in [6.07, 6.45) is 4.97. The fraction of sp³-hybridized carbons (Fsp3) is 0.556. The first-order valence-electron chi connectivity index (χ1n) is 12.3. The van der Waals surface area contributed by atoms with Gasteiger partial charge in [-0.2, -0.15) is 11.3 Å². The third kappa shape index (κ3) is 4.96. The van der Waals surface area contributed by atoms with Gasteiger partial charge in [0.1, 0.15) is 6.04 Å². The molecule has 1 aromatic carbocycles. The van der Waals surface area contributed by atoms with E-state index in [-0.39, 0.29) is 29.0 Å². The van der Waals surface area contributed by atoms with Gasteiger partial charge < -0.3 is 9.64 Å². The maximum Gasteiger partial charge on any atom is 0.337 e. The van der Waals surface area contributed by atoms with Gasteiger partial charge in [-0.3, -0.25) is 10.1 Å². The van der Waals surface area contributed by atoms with Crippen molar-refractivity contribution in [3.05, 3.63) is 52.4 Å². The van der Waals surface area contributed by atoms with Crippen molar-refractivity contribution < 1.29 is 14.3 Å². The molecule has 4 rings (SSSR count). The van der Waals surface area contributed by atoms with Crippen molar-refractivity contribution in [1.82, 2.24) is 10.2 Å². The summed E-state index contributed by atoms with van der Waals surface area (Å²) in [6.45, 7) is 9.69. The van der Waals surface area contributed by atoms with E-state index >= 15 is 0 Å². The second-order valence-electron chi connectivity index (χ2n) is 10.7. The van der Waals surface area contributed by atoms with Gasteiger partial charge in [-0.25, -0.2) is 4.79 Å². The van der Waals surface area contributed by atoms with Gasteiger partial charge in [-0.05, 0) is 72.0 Å². The average molecular weight is 479 g/mol. The summed E-state index contributed by atoms with van der Waals surface area (Å²) in [4.78, 5) is 28.7. The zero-order valence-electron chi connectivity index (χ0n) is 21.0. The van der Waals surface area contributed by atoms with Gasteiger partial charge in [0.15, 0.2) is 7.28 Å². The summed E-state index contributed by atoms with van der Waals surface area (Å²) in [5.74, 6) is 0.525. The van der Waals surface area contributed by atoms with E-state index in [0.29, 0.717) is 18.0 Å². The molecular formula is C27H36BN2O3S. The van der Waals surface area contributed by atoms with Crippen molar-refractivity contribution in [2.24, 2.45) is 11.3 Å². The molecular weight excluding hydrogens is 443 g/mol. The fourth-order valence-corrected chi connectivity index (χ4v) is 6.45. The van der Waals surface area contributed by atoms with E-state index in [0.717, 1.165) is 42.5 Å². The van der Waals surface area contributed by atoms with Crippen LogP contribution in [0.15, 0.2) is 36.4 Å². The molecule has 2 aromatic rings. The molecule has 2 heterocycles. The number of carbonyl (C=O) groups excluding carboxylic acids is 2. The summed E-state index contributed by atoms with van der Waals surface area (Å²) in [5.41, 5.74) is 1.66. The highest BCUT2D eigenvalue weighted by molar-refractivity contribution is 7.21. The Balaban J connectivity index is 1.54. The number of hydrogen-bond donors (Lipinski definition) is 1. The van der Waals surface area contributed by atoms with E-state index in [1.54, 1.807) is 23.5 Å². The van der Waals surface area contributed by atoms with Gasteiger partial charge in [0, 0.05) is 11.4 Å². The van der Waals surface area contributed by atoms with Crippen LogP contribution in [0.3, 0.4) is 0 Å². The third-order valence-corrected chi connectivity index (χ3v) is 8.91. The van der Waals surface area contributed by atoms with Crippen LogP contribution in [-0.4, -0.2) is 43.4 Å². The van der Waals surface area contributed by atoms with Crippen LogP contribution in [0, 0.1) is 11.3 Å². The van der Waals surface area contributed by atoms with E-state index in [1.807, 2.05) is 19.0 Å². The summed E-state index contributed by atoms with van der Waals surface area (Å²) >= 11 is 1.70. The highest BCUT2D eigenvalue weighted by Gasteiger charge is 2.52. The minimum absolute atomic E-state index is 0.185. The predicted octanol–water partition coefficient (Wildman–Crippen LogP) is 4.56. The van der Waals surface area contributed by atoms with Gasteiger partial charge in [-0.1, -0.05) is 45.8 Å². The van der Waals surface area contributed by atoms with E-state index in [4.69, 9.17) is 4.74 Å². The molecule has 1 amide bonds. The maximum atomic E-state index is 13.8. The van der Waals surface area contributed by atoms with Gasteiger partial charge in [0.25, 0.3) is 0 Å². The largest absolute Gasteiger partial charge is 0.465 e. The molecule has 1 aliphatic heterocycles. The lowest BCUT2D eigenvalue weighted by atomic mass is 9.69. The molecule has 0 bridgehead atoms. The van der Waals surface area contributed by atoms with Gasteiger partial charge in [0.2, 0.25) is 5.91 Å². The lowest BCUT2D eigenvalue weighted by Crippen LogP contribution is -2.55. The highest BCUT2D eigenvalue weighted by atomic mass is 32.1. The molecule has 34 heavy (non-hydrogen) atoms. The Hall–Kier alpha value is -2.12. The van der Waals surface area contributed by atoms with Crippen molar-refractivity contribution >= 4 is 35.3 Å². The van der Waals surface area contributed by atoms with Crippen LogP contribution in [0.2, 0.25) is 6.82 Å². The SMILES string of the molecule is C[B]c1ccc(C2NC3(CCC(C(C)(C)C)CC3)N(CCc3ccc(C(=O)OC)cc3)C2=O)s1. The predicted molar refractivity (Wildman–Crippen MR) is 139 cm³/mol. The molecule has 7 heteroatoms. The normalized spacial score (nSPS) is 25.1. The van der Waals surface area contributed by atoms with Gasteiger partial charge >= 0.3 is 5.97 Å². The summed E-state index contributed by atoms with van der Waals surface area (Å²) < 4.78 is 6.00.